The van der Waals surface area contributed by atoms with Gasteiger partial charge in [0, 0.05) is 12.8 Å². The van der Waals surface area contributed by atoms with Crippen molar-refractivity contribution in [2.24, 2.45) is 10.7 Å². The van der Waals surface area contributed by atoms with Gasteiger partial charge in [0.25, 0.3) is 0 Å². The first-order valence-corrected chi connectivity index (χ1v) is 7.29. The van der Waals surface area contributed by atoms with E-state index in [0.29, 0.717) is 6.54 Å². The van der Waals surface area contributed by atoms with E-state index in [0.717, 1.165) is 5.56 Å². The van der Waals surface area contributed by atoms with Crippen molar-refractivity contribution in [1.29, 1.82) is 0 Å². The van der Waals surface area contributed by atoms with E-state index in [1.807, 2.05) is 30.3 Å². The number of hydrogen-bond acceptors (Lipinski definition) is 3. The smallest absolute Gasteiger partial charge is 0.188 e. The lowest BCUT2D eigenvalue weighted by Gasteiger charge is -2.04. The van der Waals surface area contributed by atoms with E-state index in [1.54, 1.807) is 0 Å². The van der Waals surface area contributed by atoms with Gasteiger partial charge in [-0.2, -0.15) is 0 Å². The van der Waals surface area contributed by atoms with Crippen LogP contribution in [0.25, 0.3) is 0 Å². The molecule has 0 aliphatic carbocycles. The Bertz CT molecular complexity index is 469. The standard InChI is InChI=1S/C11H17N3O2S/c1-17(15,16)8-7-13-11(12)14-9-10-5-3-2-4-6-10/h2-6H,7-9H2,1H3,(H3,12,13,14). The summed E-state index contributed by atoms with van der Waals surface area (Å²) < 4.78 is 21.7. The first kappa shape index (κ1) is 13.5. The van der Waals surface area contributed by atoms with Gasteiger partial charge >= 0.3 is 0 Å². The molecular weight excluding hydrogens is 238 g/mol. The second-order valence-electron chi connectivity index (χ2n) is 3.74. The highest BCUT2D eigenvalue weighted by molar-refractivity contribution is 7.90. The molecule has 0 saturated carbocycles. The minimum absolute atomic E-state index is 0.0502. The first-order valence-electron chi connectivity index (χ1n) is 5.23. The molecule has 17 heavy (non-hydrogen) atoms. The molecular formula is C11H17N3O2S. The molecule has 0 fully saturated rings. The number of hydrogen-bond donors (Lipinski definition) is 2. The molecule has 0 saturated heterocycles. The monoisotopic (exact) mass is 255 g/mol. The fourth-order valence-electron chi connectivity index (χ4n) is 1.18. The van der Waals surface area contributed by atoms with Crippen molar-refractivity contribution in [3.05, 3.63) is 35.9 Å². The van der Waals surface area contributed by atoms with Gasteiger partial charge in [0.15, 0.2) is 5.96 Å². The number of aliphatic imine (C=N–C) groups is 1. The minimum atomic E-state index is -2.96. The van der Waals surface area contributed by atoms with Crippen LogP contribution in [0.4, 0.5) is 0 Å². The zero-order chi connectivity index (χ0) is 12.7. The van der Waals surface area contributed by atoms with Crippen LogP contribution in [-0.2, 0) is 16.4 Å². The average molecular weight is 255 g/mol. The number of nitrogens with one attached hydrogen (secondary N) is 1. The van der Waals surface area contributed by atoms with Crippen LogP contribution >= 0.6 is 0 Å². The third kappa shape index (κ3) is 6.57. The normalized spacial score (nSPS) is 12.4. The molecule has 5 nitrogen and oxygen atoms in total. The molecule has 0 spiro atoms. The Morgan fingerprint density at radius 1 is 1.35 bits per heavy atom. The predicted molar refractivity (Wildman–Crippen MR) is 69.5 cm³/mol. The second kappa shape index (κ2) is 6.24. The maximum Gasteiger partial charge on any atom is 0.188 e. The zero-order valence-corrected chi connectivity index (χ0v) is 10.6. The van der Waals surface area contributed by atoms with Crippen molar-refractivity contribution in [3.63, 3.8) is 0 Å². The largest absolute Gasteiger partial charge is 0.370 e. The lowest BCUT2D eigenvalue weighted by Crippen LogP contribution is -2.35. The molecule has 94 valence electrons. The third-order valence-electron chi connectivity index (χ3n) is 2.05. The molecule has 3 N–H and O–H groups in total. The number of guanidine groups is 1. The Kier molecular flexibility index (Phi) is 4.96. The Morgan fingerprint density at radius 2 is 2.00 bits per heavy atom. The van der Waals surface area contributed by atoms with Crippen LogP contribution < -0.4 is 11.1 Å². The van der Waals surface area contributed by atoms with Gasteiger partial charge in [-0.25, -0.2) is 13.4 Å². The van der Waals surface area contributed by atoms with Crippen LogP contribution in [0.2, 0.25) is 0 Å². The molecule has 1 aromatic carbocycles. The maximum absolute atomic E-state index is 10.9. The highest BCUT2D eigenvalue weighted by Crippen LogP contribution is 1.99. The summed E-state index contributed by atoms with van der Waals surface area (Å²) in [4.78, 5) is 4.10. The van der Waals surface area contributed by atoms with Gasteiger partial charge < -0.3 is 11.1 Å². The van der Waals surface area contributed by atoms with E-state index in [2.05, 4.69) is 10.3 Å². The Labute approximate surface area is 102 Å². The van der Waals surface area contributed by atoms with Gasteiger partial charge in [-0.05, 0) is 5.56 Å². The van der Waals surface area contributed by atoms with Gasteiger partial charge in [-0.3, -0.25) is 0 Å². The fourth-order valence-corrected chi connectivity index (χ4v) is 1.65. The highest BCUT2D eigenvalue weighted by Gasteiger charge is 2.01. The van der Waals surface area contributed by atoms with Crippen LogP contribution in [0.5, 0.6) is 0 Å². The van der Waals surface area contributed by atoms with E-state index in [-0.39, 0.29) is 18.3 Å². The Hall–Kier alpha value is -1.56. The summed E-state index contributed by atoms with van der Waals surface area (Å²) in [5, 5.41) is 2.76. The van der Waals surface area contributed by atoms with Crippen molar-refractivity contribution < 1.29 is 8.42 Å². The van der Waals surface area contributed by atoms with Crippen LogP contribution in [0.3, 0.4) is 0 Å². The van der Waals surface area contributed by atoms with Crippen LogP contribution in [-0.4, -0.2) is 32.9 Å². The lowest BCUT2D eigenvalue weighted by atomic mass is 10.2. The van der Waals surface area contributed by atoms with Gasteiger partial charge in [0.1, 0.15) is 9.84 Å². The molecule has 0 atom stereocenters. The number of rotatable bonds is 5. The van der Waals surface area contributed by atoms with Gasteiger partial charge in [0.05, 0.1) is 12.3 Å². The number of benzene rings is 1. The van der Waals surface area contributed by atoms with Crippen LogP contribution in [0.1, 0.15) is 5.56 Å². The molecule has 6 heteroatoms. The molecule has 1 aromatic rings. The van der Waals surface area contributed by atoms with Gasteiger partial charge in [-0.1, -0.05) is 30.3 Å². The summed E-state index contributed by atoms with van der Waals surface area (Å²) in [5.74, 6) is 0.312. The van der Waals surface area contributed by atoms with E-state index in [9.17, 15) is 8.42 Å². The van der Waals surface area contributed by atoms with Crippen molar-refractivity contribution in [2.75, 3.05) is 18.6 Å². The topological polar surface area (TPSA) is 84.5 Å². The van der Waals surface area contributed by atoms with E-state index < -0.39 is 9.84 Å². The fraction of sp³-hybridized carbons (Fsp3) is 0.364. The quantitative estimate of drug-likeness (QED) is 0.579. The van der Waals surface area contributed by atoms with Gasteiger partial charge in [-0.15, -0.1) is 0 Å². The maximum atomic E-state index is 10.9. The summed E-state index contributed by atoms with van der Waals surface area (Å²) in [6.07, 6.45) is 1.19. The molecule has 0 amide bonds. The van der Waals surface area contributed by atoms with E-state index in [1.165, 1.54) is 6.26 Å². The van der Waals surface area contributed by atoms with Crippen molar-refractivity contribution in [3.8, 4) is 0 Å². The molecule has 0 radical (unpaired) electrons. The molecule has 0 aromatic heterocycles. The first-order chi connectivity index (χ1) is 7.97. The average Bonchev–Trinajstić information content (AvgIpc) is 2.26. The number of nitrogens with zero attached hydrogens (tertiary/aromatic N) is 1. The summed E-state index contributed by atoms with van der Waals surface area (Å²) >= 11 is 0. The second-order valence-corrected chi connectivity index (χ2v) is 6.00. The summed E-state index contributed by atoms with van der Waals surface area (Å²) in [6, 6.07) is 9.69. The molecule has 0 aliphatic heterocycles. The summed E-state index contributed by atoms with van der Waals surface area (Å²) in [6.45, 7) is 0.765. The number of nitrogens with two attached hydrogens (primary N) is 1. The molecule has 0 bridgehead atoms. The van der Waals surface area contributed by atoms with Crippen molar-refractivity contribution in [1.82, 2.24) is 5.32 Å². The molecule has 1 rings (SSSR count). The van der Waals surface area contributed by atoms with Crippen molar-refractivity contribution >= 4 is 15.8 Å². The third-order valence-corrected chi connectivity index (χ3v) is 3.00. The minimum Gasteiger partial charge on any atom is -0.370 e. The van der Waals surface area contributed by atoms with Gasteiger partial charge in [0.2, 0.25) is 0 Å². The molecule has 0 heterocycles. The lowest BCUT2D eigenvalue weighted by molar-refractivity contribution is 0.600. The summed E-state index contributed by atoms with van der Waals surface area (Å²) in [5.41, 5.74) is 6.65. The Balaban J connectivity index is 2.35. The van der Waals surface area contributed by atoms with Crippen LogP contribution in [0, 0.1) is 0 Å². The van der Waals surface area contributed by atoms with E-state index in [4.69, 9.17) is 5.73 Å². The highest BCUT2D eigenvalue weighted by atomic mass is 32.2. The Morgan fingerprint density at radius 3 is 2.59 bits per heavy atom. The number of sulfone groups is 1. The van der Waals surface area contributed by atoms with E-state index >= 15 is 0 Å². The molecule has 0 unspecified atom stereocenters. The SMILES string of the molecule is CS(=O)(=O)CCNC(N)=NCc1ccccc1. The summed E-state index contributed by atoms with van der Waals surface area (Å²) in [7, 11) is -2.96. The molecule has 0 aliphatic rings. The van der Waals surface area contributed by atoms with Crippen molar-refractivity contribution in [2.45, 2.75) is 6.54 Å². The van der Waals surface area contributed by atoms with Crippen LogP contribution in [0.15, 0.2) is 35.3 Å². The predicted octanol–water partition coefficient (Wildman–Crippen LogP) is 0.136. The zero-order valence-electron chi connectivity index (χ0n) is 9.76.